The van der Waals surface area contributed by atoms with Crippen LogP contribution >= 0.6 is 0 Å². The van der Waals surface area contributed by atoms with Gasteiger partial charge in [0.05, 0.1) is 23.7 Å². The molecule has 2 aromatic rings. The average Bonchev–Trinajstić information content (AvgIpc) is 2.57. The number of hydrogen-bond donors (Lipinski definition) is 1. The molecule has 0 aliphatic rings. The molecule has 134 valence electrons. The van der Waals surface area contributed by atoms with Crippen molar-refractivity contribution < 1.29 is 22.3 Å². The normalized spacial score (nSPS) is 11.4. The van der Waals surface area contributed by atoms with E-state index in [-0.39, 0.29) is 10.6 Å². The first kappa shape index (κ1) is 18.9. The molecule has 0 saturated carbocycles. The number of carbonyl (C=O) groups excluding carboxylic acids is 1. The molecule has 2 aromatic carbocycles. The number of nitrogens with one attached hydrogen (secondary N) is 1. The third kappa shape index (κ3) is 4.77. The molecule has 6 nitrogen and oxygen atoms in total. The second-order valence-corrected chi connectivity index (χ2v) is 7.24. The Balaban J connectivity index is 2.06. The van der Waals surface area contributed by atoms with E-state index >= 15 is 0 Å². The Hall–Kier alpha value is -2.45. The van der Waals surface area contributed by atoms with E-state index in [0.717, 1.165) is 4.31 Å². The fraction of sp³-hybridized carbons (Fsp3) is 0.235. The minimum absolute atomic E-state index is 0.000588. The second kappa shape index (κ2) is 8.09. The van der Waals surface area contributed by atoms with Crippen molar-refractivity contribution in [2.45, 2.75) is 11.8 Å². The summed E-state index contributed by atoms with van der Waals surface area (Å²) in [5.74, 6) is -0.670. The van der Waals surface area contributed by atoms with Crippen LogP contribution in [0.4, 0.5) is 10.1 Å². The highest BCUT2D eigenvalue weighted by molar-refractivity contribution is 7.89. The maximum Gasteiger partial charge on any atom is 0.243 e. The molecule has 0 heterocycles. The number of rotatable bonds is 7. The minimum atomic E-state index is -3.84. The Bertz CT molecular complexity index is 838. The summed E-state index contributed by atoms with van der Waals surface area (Å²) in [7, 11) is -2.56. The van der Waals surface area contributed by atoms with E-state index in [0.29, 0.717) is 12.4 Å². The topological polar surface area (TPSA) is 75.7 Å². The van der Waals surface area contributed by atoms with Crippen molar-refractivity contribution in [3.05, 3.63) is 54.3 Å². The zero-order valence-electron chi connectivity index (χ0n) is 13.9. The van der Waals surface area contributed by atoms with Crippen LogP contribution in [0.5, 0.6) is 5.75 Å². The minimum Gasteiger partial charge on any atom is -0.494 e. The number of likely N-dealkylation sites (N-methyl/N-ethyl adjacent to an activating group) is 1. The van der Waals surface area contributed by atoms with E-state index in [4.69, 9.17) is 4.74 Å². The van der Waals surface area contributed by atoms with Gasteiger partial charge in [-0.3, -0.25) is 4.79 Å². The zero-order chi connectivity index (χ0) is 18.4. The molecule has 0 aromatic heterocycles. The molecule has 25 heavy (non-hydrogen) atoms. The summed E-state index contributed by atoms with van der Waals surface area (Å²) >= 11 is 0. The average molecular weight is 366 g/mol. The van der Waals surface area contributed by atoms with Gasteiger partial charge in [-0.15, -0.1) is 0 Å². The van der Waals surface area contributed by atoms with Crippen LogP contribution < -0.4 is 10.1 Å². The number of ether oxygens (including phenoxy) is 1. The third-order valence-corrected chi connectivity index (χ3v) is 5.17. The quantitative estimate of drug-likeness (QED) is 0.817. The Morgan fingerprint density at radius 3 is 2.40 bits per heavy atom. The molecule has 1 N–H and O–H groups in total. The van der Waals surface area contributed by atoms with Gasteiger partial charge in [0.25, 0.3) is 0 Å². The van der Waals surface area contributed by atoms with Crippen molar-refractivity contribution in [1.82, 2.24) is 4.31 Å². The van der Waals surface area contributed by atoms with Gasteiger partial charge in [-0.05, 0) is 43.3 Å². The highest BCUT2D eigenvalue weighted by Gasteiger charge is 2.23. The highest BCUT2D eigenvalue weighted by atomic mass is 32.2. The Labute approximate surface area is 146 Å². The second-order valence-electron chi connectivity index (χ2n) is 5.19. The van der Waals surface area contributed by atoms with Crippen LogP contribution in [0.2, 0.25) is 0 Å². The molecule has 1 amide bonds. The molecule has 0 fully saturated rings. The molecule has 0 radical (unpaired) electrons. The van der Waals surface area contributed by atoms with Crippen molar-refractivity contribution >= 4 is 21.6 Å². The van der Waals surface area contributed by atoms with Gasteiger partial charge >= 0.3 is 0 Å². The van der Waals surface area contributed by atoms with Gasteiger partial charge in [-0.25, -0.2) is 12.8 Å². The molecule has 0 aliphatic carbocycles. The number of benzene rings is 2. The van der Waals surface area contributed by atoms with Gasteiger partial charge in [-0.1, -0.05) is 12.1 Å². The Morgan fingerprint density at radius 2 is 1.80 bits per heavy atom. The molecule has 0 atom stereocenters. The molecule has 2 rings (SSSR count). The summed E-state index contributed by atoms with van der Waals surface area (Å²) in [4.78, 5) is 12.0. The lowest BCUT2D eigenvalue weighted by molar-refractivity contribution is -0.116. The fourth-order valence-electron chi connectivity index (χ4n) is 2.09. The number of nitrogens with zero attached hydrogens (tertiary/aromatic N) is 1. The van der Waals surface area contributed by atoms with Gasteiger partial charge in [0.2, 0.25) is 15.9 Å². The predicted molar refractivity (Wildman–Crippen MR) is 92.5 cm³/mol. The zero-order valence-corrected chi connectivity index (χ0v) is 14.7. The van der Waals surface area contributed by atoms with Gasteiger partial charge in [0, 0.05) is 7.05 Å². The predicted octanol–water partition coefficient (Wildman–Crippen LogP) is 2.48. The van der Waals surface area contributed by atoms with E-state index in [9.17, 15) is 17.6 Å². The van der Waals surface area contributed by atoms with E-state index < -0.39 is 28.3 Å². The third-order valence-electron chi connectivity index (χ3n) is 3.36. The van der Waals surface area contributed by atoms with E-state index in [2.05, 4.69) is 5.32 Å². The maximum absolute atomic E-state index is 13.5. The van der Waals surface area contributed by atoms with Crippen molar-refractivity contribution in [3.63, 3.8) is 0 Å². The first-order valence-electron chi connectivity index (χ1n) is 7.58. The molecule has 0 aliphatic heterocycles. The van der Waals surface area contributed by atoms with Crippen molar-refractivity contribution in [2.24, 2.45) is 0 Å². The van der Waals surface area contributed by atoms with E-state index in [1.165, 1.54) is 37.4 Å². The van der Waals surface area contributed by atoms with Crippen LogP contribution in [-0.2, 0) is 14.8 Å². The van der Waals surface area contributed by atoms with Crippen LogP contribution in [0.1, 0.15) is 6.92 Å². The number of hydrogen-bond acceptors (Lipinski definition) is 4. The van der Waals surface area contributed by atoms with Gasteiger partial charge < -0.3 is 10.1 Å². The molecule has 0 unspecified atom stereocenters. The summed E-state index contributed by atoms with van der Waals surface area (Å²) in [5, 5.41) is 2.35. The fourth-order valence-corrected chi connectivity index (χ4v) is 3.22. The number of amides is 1. The molecular weight excluding hydrogens is 347 g/mol. The number of halogens is 1. The maximum atomic E-state index is 13.5. The first-order valence-corrected chi connectivity index (χ1v) is 9.02. The van der Waals surface area contributed by atoms with Crippen molar-refractivity contribution in [2.75, 3.05) is 25.5 Å². The summed E-state index contributed by atoms with van der Waals surface area (Å²) in [6.45, 7) is 1.86. The summed E-state index contributed by atoms with van der Waals surface area (Å²) in [5.41, 5.74) is -0.000588. The molecule has 0 saturated heterocycles. The number of carbonyl (C=O) groups is 1. The summed E-state index contributed by atoms with van der Waals surface area (Å²) in [6.07, 6.45) is 0. The lowest BCUT2D eigenvalue weighted by Gasteiger charge is -2.17. The first-order chi connectivity index (χ1) is 11.8. The lowest BCUT2D eigenvalue weighted by atomic mass is 10.3. The molecular formula is C17H19FN2O4S. The number of para-hydroxylation sites is 1. The van der Waals surface area contributed by atoms with Gasteiger partial charge in [-0.2, -0.15) is 4.31 Å². The largest absolute Gasteiger partial charge is 0.494 e. The Kier molecular flexibility index (Phi) is 6.11. The van der Waals surface area contributed by atoms with Gasteiger partial charge in [0.15, 0.2) is 0 Å². The van der Waals surface area contributed by atoms with Crippen LogP contribution in [0, 0.1) is 5.82 Å². The molecule has 8 heteroatoms. The smallest absolute Gasteiger partial charge is 0.243 e. The monoisotopic (exact) mass is 366 g/mol. The SMILES string of the molecule is CCOc1ccc(S(=O)(=O)N(C)CC(=O)Nc2ccccc2F)cc1. The van der Waals surface area contributed by atoms with Crippen LogP contribution in [0.3, 0.4) is 0 Å². The molecule has 0 spiro atoms. The number of anilines is 1. The Morgan fingerprint density at radius 1 is 1.16 bits per heavy atom. The van der Waals surface area contributed by atoms with Gasteiger partial charge in [0.1, 0.15) is 11.6 Å². The standard InChI is InChI=1S/C17H19FN2O4S/c1-3-24-13-8-10-14(11-9-13)25(22,23)20(2)12-17(21)19-16-7-5-4-6-15(16)18/h4-11H,3,12H2,1-2H3,(H,19,21). The number of sulfonamides is 1. The van der Waals surface area contributed by atoms with Crippen LogP contribution in [0.25, 0.3) is 0 Å². The highest BCUT2D eigenvalue weighted by Crippen LogP contribution is 2.19. The summed E-state index contributed by atoms with van der Waals surface area (Å²) < 4.78 is 44.7. The van der Waals surface area contributed by atoms with E-state index in [1.807, 2.05) is 6.92 Å². The van der Waals surface area contributed by atoms with Crippen LogP contribution in [0.15, 0.2) is 53.4 Å². The van der Waals surface area contributed by atoms with Crippen LogP contribution in [-0.4, -0.2) is 38.8 Å². The molecule has 0 bridgehead atoms. The van der Waals surface area contributed by atoms with Crippen molar-refractivity contribution in [3.8, 4) is 5.75 Å². The van der Waals surface area contributed by atoms with E-state index in [1.54, 1.807) is 18.2 Å². The summed E-state index contributed by atoms with van der Waals surface area (Å²) in [6, 6.07) is 11.6. The lowest BCUT2D eigenvalue weighted by Crippen LogP contribution is -2.35. The van der Waals surface area contributed by atoms with Crippen molar-refractivity contribution in [1.29, 1.82) is 0 Å².